The van der Waals surface area contributed by atoms with Crippen molar-refractivity contribution in [3.63, 3.8) is 0 Å². The van der Waals surface area contributed by atoms with Crippen LogP contribution in [0.25, 0.3) is 0 Å². The van der Waals surface area contributed by atoms with E-state index in [1.165, 1.54) is 0 Å². The van der Waals surface area contributed by atoms with Crippen molar-refractivity contribution in [2.45, 2.75) is 37.8 Å². The SMILES string of the molecule is CC(NCC1(c2ccccc2F)CC1)c1cccc(CO)c1. The predicted molar refractivity (Wildman–Crippen MR) is 86.1 cm³/mol. The molecule has 22 heavy (non-hydrogen) atoms. The van der Waals surface area contributed by atoms with E-state index in [2.05, 4.69) is 18.3 Å². The topological polar surface area (TPSA) is 32.3 Å². The van der Waals surface area contributed by atoms with Crippen LogP contribution in [0.1, 0.15) is 42.5 Å². The molecule has 2 nitrogen and oxygen atoms in total. The number of hydrogen-bond donors (Lipinski definition) is 2. The average molecular weight is 299 g/mol. The lowest BCUT2D eigenvalue weighted by molar-refractivity contribution is 0.281. The first-order valence-corrected chi connectivity index (χ1v) is 7.83. The van der Waals surface area contributed by atoms with Crippen LogP contribution in [0.4, 0.5) is 4.39 Å². The monoisotopic (exact) mass is 299 g/mol. The van der Waals surface area contributed by atoms with Crippen molar-refractivity contribution in [1.82, 2.24) is 5.32 Å². The molecule has 0 aromatic heterocycles. The van der Waals surface area contributed by atoms with E-state index in [0.717, 1.165) is 36.1 Å². The number of rotatable bonds is 6. The number of halogens is 1. The van der Waals surface area contributed by atoms with Crippen LogP contribution in [0.2, 0.25) is 0 Å². The highest BCUT2D eigenvalue weighted by Gasteiger charge is 2.45. The van der Waals surface area contributed by atoms with E-state index in [0.29, 0.717) is 0 Å². The maximum Gasteiger partial charge on any atom is 0.127 e. The van der Waals surface area contributed by atoms with Gasteiger partial charge in [-0.15, -0.1) is 0 Å². The summed E-state index contributed by atoms with van der Waals surface area (Å²) in [6.45, 7) is 2.94. The highest BCUT2D eigenvalue weighted by Crippen LogP contribution is 2.48. The lowest BCUT2D eigenvalue weighted by atomic mass is 9.94. The third kappa shape index (κ3) is 3.06. The van der Waals surface area contributed by atoms with Crippen LogP contribution in [0.3, 0.4) is 0 Å². The Labute approximate surface area is 131 Å². The van der Waals surface area contributed by atoms with Crippen LogP contribution in [-0.2, 0) is 12.0 Å². The third-order valence-electron chi connectivity index (χ3n) is 4.68. The molecular formula is C19H22FNO. The van der Waals surface area contributed by atoms with Crippen LogP contribution in [0.5, 0.6) is 0 Å². The molecule has 3 rings (SSSR count). The summed E-state index contributed by atoms with van der Waals surface area (Å²) in [5.41, 5.74) is 2.85. The molecule has 1 unspecified atom stereocenters. The molecule has 1 fully saturated rings. The molecule has 1 aliphatic carbocycles. The van der Waals surface area contributed by atoms with E-state index in [1.54, 1.807) is 12.1 Å². The molecule has 1 aliphatic rings. The fraction of sp³-hybridized carbons (Fsp3) is 0.368. The molecule has 2 N–H and O–H groups in total. The first kappa shape index (κ1) is 15.2. The first-order valence-electron chi connectivity index (χ1n) is 7.83. The van der Waals surface area contributed by atoms with E-state index in [-0.39, 0.29) is 23.9 Å². The molecule has 1 atom stereocenters. The standard InChI is InChI=1S/C19H22FNO/c1-14(16-6-4-5-15(11-16)12-22)21-13-19(9-10-19)17-7-2-3-8-18(17)20/h2-8,11,14,21-22H,9-10,12-13H2,1H3. The molecule has 0 spiro atoms. The Bertz CT molecular complexity index is 651. The van der Waals surface area contributed by atoms with Crippen LogP contribution in [0, 0.1) is 5.82 Å². The molecule has 0 radical (unpaired) electrons. The van der Waals surface area contributed by atoms with Gasteiger partial charge in [0.2, 0.25) is 0 Å². The summed E-state index contributed by atoms with van der Waals surface area (Å²) in [5, 5.41) is 12.8. The summed E-state index contributed by atoms with van der Waals surface area (Å²) in [7, 11) is 0. The molecule has 0 heterocycles. The number of nitrogens with one attached hydrogen (secondary N) is 1. The fourth-order valence-corrected chi connectivity index (χ4v) is 3.01. The Morgan fingerprint density at radius 3 is 2.64 bits per heavy atom. The number of hydrogen-bond acceptors (Lipinski definition) is 2. The second-order valence-electron chi connectivity index (χ2n) is 6.27. The lowest BCUT2D eigenvalue weighted by Crippen LogP contribution is -2.29. The molecular weight excluding hydrogens is 277 g/mol. The van der Waals surface area contributed by atoms with Crippen molar-refractivity contribution in [3.05, 3.63) is 71.0 Å². The van der Waals surface area contributed by atoms with Crippen LogP contribution >= 0.6 is 0 Å². The molecule has 1 saturated carbocycles. The second-order valence-corrected chi connectivity index (χ2v) is 6.27. The Kier molecular flexibility index (Phi) is 4.27. The number of benzene rings is 2. The minimum absolute atomic E-state index is 0.0474. The molecule has 0 aliphatic heterocycles. The van der Waals surface area contributed by atoms with Gasteiger partial charge in [0.05, 0.1) is 6.61 Å². The first-order chi connectivity index (χ1) is 10.6. The maximum atomic E-state index is 14.0. The summed E-state index contributed by atoms with van der Waals surface area (Å²) in [5.74, 6) is -0.100. The summed E-state index contributed by atoms with van der Waals surface area (Å²) in [4.78, 5) is 0. The van der Waals surface area contributed by atoms with Gasteiger partial charge in [0.15, 0.2) is 0 Å². The lowest BCUT2D eigenvalue weighted by Gasteiger charge is -2.21. The van der Waals surface area contributed by atoms with Gasteiger partial charge in [0.25, 0.3) is 0 Å². The summed E-state index contributed by atoms with van der Waals surface area (Å²) < 4.78 is 14.0. The largest absolute Gasteiger partial charge is 0.392 e. The fourth-order valence-electron chi connectivity index (χ4n) is 3.01. The van der Waals surface area contributed by atoms with Gasteiger partial charge in [0, 0.05) is 18.0 Å². The predicted octanol–water partition coefficient (Wildman–Crippen LogP) is 3.70. The highest BCUT2D eigenvalue weighted by atomic mass is 19.1. The van der Waals surface area contributed by atoms with Crippen LogP contribution in [0.15, 0.2) is 48.5 Å². The molecule has 0 saturated heterocycles. The van der Waals surface area contributed by atoms with Crippen molar-refractivity contribution in [1.29, 1.82) is 0 Å². The summed E-state index contributed by atoms with van der Waals surface area (Å²) >= 11 is 0. The van der Waals surface area contributed by atoms with Crippen molar-refractivity contribution < 1.29 is 9.50 Å². The minimum Gasteiger partial charge on any atom is -0.392 e. The van der Waals surface area contributed by atoms with Crippen molar-refractivity contribution in [2.75, 3.05) is 6.54 Å². The van der Waals surface area contributed by atoms with Crippen molar-refractivity contribution in [3.8, 4) is 0 Å². The quantitative estimate of drug-likeness (QED) is 0.852. The van der Waals surface area contributed by atoms with Gasteiger partial charge in [-0.25, -0.2) is 4.39 Å². The molecule has 3 heteroatoms. The Morgan fingerprint density at radius 1 is 1.18 bits per heavy atom. The van der Waals surface area contributed by atoms with Crippen LogP contribution < -0.4 is 5.32 Å². The normalized spacial score (nSPS) is 17.2. The zero-order valence-corrected chi connectivity index (χ0v) is 12.8. The van der Waals surface area contributed by atoms with Crippen molar-refractivity contribution in [2.24, 2.45) is 0 Å². The average Bonchev–Trinajstić information content (AvgIpc) is 3.34. The van der Waals surface area contributed by atoms with Gasteiger partial charge >= 0.3 is 0 Å². The maximum absolute atomic E-state index is 14.0. The molecule has 0 amide bonds. The number of aliphatic hydroxyl groups excluding tert-OH is 1. The van der Waals surface area contributed by atoms with Gasteiger partial charge in [-0.2, -0.15) is 0 Å². The zero-order chi connectivity index (χ0) is 15.6. The van der Waals surface area contributed by atoms with Gasteiger partial charge < -0.3 is 10.4 Å². The van der Waals surface area contributed by atoms with E-state index in [4.69, 9.17) is 0 Å². The minimum atomic E-state index is -0.100. The Morgan fingerprint density at radius 2 is 1.95 bits per heavy atom. The van der Waals surface area contributed by atoms with Crippen LogP contribution in [-0.4, -0.2) is 11.7 Å². The third-order valence-corrected chi connectivity index (χ3v) is 4.68. The highest BCUT2D eigenvalue weighted by molar-refractivity contribution is 5.33. The Hall–Kier alpha value is -1.71. The molecule has 0 bridgehead atoms. The Balaban J connectivity index is 1.68. The second kappa shape index (κ2) is 6.19. The molecule has 2 aromatic carbocycles. The molecule has 2 aromatic rings. The summed E-state index contributed by atoms with van der Waals surface area (Å²) in [6, 6.07) is 15.2. The smallest absolute Gasteiger partial charge is 0.127 e. The summed E-state index contributed by atoms with van der Waals surface area (Å²) in [6.07, 6.45) is 2.06. The van der Waals surface area contributed by atoms with Gasteiger partial charge in [0.1, 0.15) is 5.82 Å². The van der Waals surface area contributed by atoms with E-state index < -0.39 is 0 Å². The van der Waals surface area contributed by atoms with Crippen molar-refractivity contribution >= 4 is 0 Å². The zero-order valence-electron chi connectivity index (χ0n) is 12.8. The van der Waals surface area contributed by atoms with E-state index >= 15 is 0 Å². The number of aliphatic hydroxyl groups is 1. The van der Waals surface area contributed by atoms with Gasteiger partial charge in [-0.1, -0.05) is 42.5 Å². The van der Waals surface area contributed by atoms with Gasteiger partial charge in [-0.05, 0) is 42.5 Å². The molecule has 116 valence electrons. The van der Waals surface area contributed by atoms with E-state index in [1.807, 2.05) is 30.3 Å². The van der Waals surface area contributed by atoms with E-state index in [9.17, 15) is 9.50 Å². The van der Waals surface area contributed by atoms with Gasteiger partial charge in [-0.3, -0.25) is 0 Å².